The van der Waals surface area contributed by atoms with Crippen LogP contribution in [-0.4, -0.2) is 37.0 Å². The van der Waals surface area contributed by atoms with Gasteiger partial charge in [0.2, 0.25) is 0 Å². The maximum Gasteiger partial charge on any atom is 0.317 e. The number of nitrogens with zero attached hydrogens (tertiary/aromatic N) is 1. The summed E-state index contributed by atoms with van der Waals surface area (Å²) in [6, 6.07) is 14.0. The molecule has 2 aromatic rings. The predicted octanol–water partition coefficient (Wildman–Crippen LogP) is 3.75. The van der Waals surface area contributed by atoms with Crippen LogP contribution in [0, 0.1) is 13.8 Å². The van der Waals surface area contributed by atoms with Crippen molar-refractivity contribution in [2.24, 2.45) is 0 Å². The Morgan fingerprint density at radius 3 is 2.68 bits per heavy atom. The van der Waals surface area contributed by atoms with Gasteiger partial charge in [-0.25, -0.2) is 4.79 Å². The molecule has 1 aliphatic rings. The second-order valence-corrected chi connectivity index (χ2v) is 7.57. The normalized spacial score (nSPS) is 16.5. The minimum atomic E-state index is -0.0703. The summed E-state index contributed by atoms with van der Waals surface area (Å²) in [5, 5.41) is 5.71. The van der Waals surface area contributed by atoms with Gasteiger partial charge in [0.1, 0.15) is 0 Å². The lowest BCUT2D eigenvalue weighted by Crippen LogP contribution is -2.43. The molecule has 5 nitrogen and oxygen atoms in total. The first-order valence-electron chi connectivity index (χ1n) is 9.89. The van der Waals surface area contributed by atoms with Crippen LogP contribution >= 0.6 is 0 Å². The predicted molar refractivity (Wildman–Crippen MR) is 112 cm³/mol. The number of amides is 3. The monoisotopic (exact) mass is 379 g/mol. The largest absolute Gasteiger partial charge is 0.348 e. The lowest BCUT2D eigenvalue weighted by atomic mass is 9.89. The zero-order valence-corrected chi connectivity index (χ0v) is 16.9. The first-order chi connectivity index (χ1) is 13.5. The Hall–Kier alpha value is -2.82. The van der Waals surface area contributed by atoms with E-state index in [1.807, 2.05) is 23.1 Å². The minimum absolute atomic E-state index is 0.0352. The molecule has 0 bridgehead atoms. The van der Waals surface area contributed by atoms with Gasteiger partial charge in [0, 0.05) is 38.2 Å². The molecule has 1 fully saturated rings. The second-order valence-electron chi connectivity index (χ2n) is 7.57. The van der Waals surface area contributed by atoms with Crippen molar-refractivity contribution < 1.29 is 9.59 Å². The number of carbonyl (C=O) groups excluding carboxylic acids is 2. The van der Waals surface area contributed by atoms with Crippen molar-refractivity contribution in [3.8, 4) is 0 Å². The Kier molecular flexibility index (Phi) is 6.34. The maximum atomic E-state index is 12.6. The van der Waals surface area contributed by atoms with Crippen LogP contribution in [0.3, 0.4) is 0 Å². The number of benzene rings is 2. The molecule has 0 saturated carbocycles. The third-order valence-corrected chi connectivity index (χ3v) is 5.57. The molecule has 3 rings (SSSR count). The highest BCUT2D eigenvalue weighted by atomic mass is 16.2. The molecule has 1 atom stereocenters. The summed E-state index contributed by atoms with van der Waals surface area (Å²) in [4.78, 5) is 26.4. The summed E-state index contributed by atoms with van der Waals surface area (Å²) in [6.45, 7) is 6.15. The van der Waals surface area contributed by atoms with Gasteiger partial charge in [0.25, 0.3) is 5.91 Å². The number of hydrogen-bond donors (Lipinski definition) is 2. The third-order valence-electron chi connectivity index (χ3n) is 5.57. The zero-order valence-electron chi connectivity index (χ0n) is 16.9. The SMILES string of the molecule is CNC(=O)N1CCCC(c2cccc(C(=O)NCc3ccc(C)c(C)c3)c2)C1. The molecular formula is C23H29N3O2. The van der Waals surface area contributed by atoms with Gasteiger partial charge in [-0.15, -0.1) is 0 Å². The number of urea groups is 1. The van der Waals surface area contributed by atoms with E-state index in [0.29, 0.717) is 18.7 Å². The molecule has 0 aliphatic carbocycles. The Morgan fingerprint density at radius 1 is 1.11 bits per heavy atom. The molecule has 5 heteroatoms. The Balaban J connectivity index is 1.65. The van der Waals surface area contributed by atoms with E-state index < -0.39 is 0 Å². The standard InChI is InChI=1S/C23H29N3O2/c1-16-9-10-18(12-17(16)2)14-25-22(27)20-7-4-6-19(13-20)21-8-5-11-26(15-21)23(28)24-3/h4,6-7,9-10,12-13,21H,5,8,11,14-15H2,1-3H3,(H,24,28)(H,25,27). The molecule has 1 saturated heterocycles. The number of rotatable bonds is 4. The number of piperidine rings is 1. The molecule has 0 aromatic heterocycles. The van der Waals surface area contributed by atoms with Crippen molar-refractivity contribution in [2.75, 3.05) is 20.1 Å². The van der Waals surface area contributed by atoms with Gasteiger partial charge >= 0.3 is 6.03 Å². The summed E-state index contributed by atoms with van der Waals surface area (Å²) in [7, 11) is 1.66. The molecule has 0 radical (unpaired) electrons. The van der Waals surface area contributed by atoms with E-state index >= 15 is 0 Å². The Bertz CT molecular complexity index is 863. The molecular weight excluding hydrogens is 350 g/mol. The summed E-state index contributed by atoms with van der Waals surface area (Å²) >= 11 is 0. The van der Waals surface area contributed by atoms with Crippen LogP contribution in [-0.2, 0) is 6.54 Å². The first kappa shape index (κ1) is 19.9. The summed E-state index contributed by atoms with van der Waals surface area (Å²) in [6.07, 6.45) is 2.00. The van der Waals surface area contributed by atoms with Crippen LogP contribution in [0.5, 0.6) is 0 Å². The average molecular weight is 380 g/mol. The molecule has 2 aromatic carbocycles. The summed E-state index contributed by atoms with van der Waals surface area (Å²) in [5.41, 5.74) is 5.36. The minimum Gasteiger partial charge on any atom is -0.348 e. The van der Waals surface area contributed by atoms with E-state index in [2.05, 4.69) is 48.7 Å². The second kappa shape index (κ2) is 8.91. The number of nitrogens with one attached hydrogen (secondary N) is 2. The van der Waals surface area contributed by atoms with Crippen LogP contribution in [0.4, 0.5) is 4.79 Å². The highest BCUT2D eigenvalue weighted by molar-refractivity contribution is 5.94. The fraction of sp³-hybridized carbons (Fsp3) is 0.391. The van der Waals surface area contributed by atoms with Gasteiger partial charge in [0.15, 0.2) is 0 Å². The van der Waals surface area contributed by atoms with Gasteiger partial charge in [-0.1, -0.05) is 30.3 Å². The van der Waals surface area contributed by atoms with E-state index in [4.69, 9.17) is 0 Å². The van der Waals surface area contributed by atoms with Crippen LogP contribution in [0.15, 0.2) is 42.5 Å². The Morgan fingerprint density at radius 2 is 1.93 bits per heavy atom. The van der Waals surface area contributed by atoms with Crippen LogP contribution in [0.2, 0.25) is 0 Å². The van der Waals surface area contributed by atoms with Crippen LogP contribution in [0.1, 0.15) is 51.4 Å². The molecule has 0 spiro atoms. The number of aryl methyl sites for hydroxylation is 2. The van der Waals surface area contributed by atoms with Gasteiger partial charge in [0.05, 0.1) is 0 Å². The first-order valence-corrected chi connectivity index (χ1v) is 9.89. The van der Waals surface area contributed by atoms with Crippen molar-refractivity contribution in [2.45, 2.75) is 39.2 Å². The summed E-state index contributed by atoms with van der Waals surface area (Å²) in [5.74, 6) is 0.192. The van der Waals surface area contributed by atoms with Crippen molar-refractivity contribution in [3.63, 3.8) is 0 Å². The van der Waals surface area contributed by atoms with E-state index in [9.17, 15) is 9.59 Å². The summed E-state index contributed by atoms with van der Waals surface area (Å²) < 4.78 is 0. The van der Waals surface area contributed by atoms with Gasteiger partial charge in [-0.2, -0.15) is 0 Å². The highest BCUT2D eigenvalue weighted by Gasteiger charge is 2.24. The van der Waals surface area contributed by atoms with Crippen molar-refractivity contribution >= 4 is 11.9 Å². The van der Waals surface area contributed by atoms with E-state index in [1.54, 1.807) is 7.05 Å². The van der Waals surface area contributed by atoms with Crippen molar-refractivity contribution in [1.82, 2.24) is 15.5 Å². The van der Waals surface area contributed by atoms with Crippen molar-refractivity contribution in [3.05, 3.63) is 70.3 Å². The molecule has 1 heterocycles. The maximum absolute atomic E-state index is 12.6. The van der Waals surface area contributed by atoms with Crippen LogP contribution < -0.4 is 10.6 Å². The Labute approximate surface area is 167 Å². The zero-order chi connectivity index (χ0) is 20.1. The molecule has 2 N–H and O–H groups in total. The van der Waals surface area contributed by atoms with E-state index in [-0.39, 0.29) is 17.9 Å². The fourth-order valence-corrected chi connectivity index (χ4v) is 3.72. The molecule has 1 unspecified atom stereocenters. The van der Waals surface area contributed by atoms with Gasteiger partial charge < -0.3 is 15.5 Å². The quantitative estimate of drug-likeness (QED) is 0.850. The number of likely N-dealkylation sites (tertiary alicyclic amines) is 1. The molecule has 148 valence electrons. The third kappa shape index (κ3) is 4.71. The van der Waals surface area contributed by atoms with E-state index in [0.717, 1.165) is 30.5 Å². The van der Waals surface area contributed by atoms with Crippen LogP contribution in [0.25, 0.3) is 0 Å². The smallest absolute Gasteiger partial charge is 0.317 e. The highest BCUT2D eigenvalue weighted by Crippen LogP contribution is 2.27. The lowest BCUT2D eigenvalue weighted by molar-refractivity contribution is 0.0950. The fourth-order valence-electron chi connectivity index (χ4n) is 3.72. The van der Waals surface area contributed by atoms with Gasteiger partial charge in [-0.3, -0.25) is 4.79 Å². The number of carbonyl (C=O) groups is 2. The molecule has 3 amide bonds. The van der Waals surface area contributed by atoms with Gasteiger partial charge in [-0.05, 0) is 61.1 Å². The average Bonchev–Trinajstić information content (AvgIpc) is 2.74. The van der Waals surface area contributed by atoms with E-state index in [1.165, 1.54) is 11.1 Å². The number of hydrogen-bond acceptors (Lipinski definition) is 2. The lowest BCUT2D eigenvalue weighted by Gasteiger charge is -2.32. The van der Waals surface area contributed by atoms with Crippen molar-refractivity contribution in [1.29, 1.82) is 0 Å². The molecule has 28 heavy (non-hydrogen) atoms. The molecule has 1 aliphatic heterocycles. The topological polar surface area (TPSA) is 61.4 Å².